The molecule has 0 radical (unpaired) electrons. The van der Waals surface area contributed by atoms with E-state index in [4.69, 9.17) is 4.74 Å². The summed E-state index contributed by atoms with van der Waals surface area (Å²) in [4.78, 5) is 47.1. The summed E-state index contributed by atoms with van der Waals surface area (Å²) in [6.07, 6.45) is 3.99. The molecular formula is C21H20N4O4S. The maximum atomic E-state index is 13.1. The number of aromatic nitrogens is 2. The fourth-order valence-corrected chi connectivity index (χ4v) is 5.31. The minimum absolute atomic E-state index is 0.0300. The molecule has 30 heavy (non-hydrogen) atoms. The third kappa shape index (κ3) is 2.97. The van der Waals surface area contributed by atoms with Crippen molar-refractivity contribution in [1.82, 2.24) is 19.2 Å². The van der Waals surface area contributed by atoms with Crippen LogP contribution in [0.3, 0.4) is 0 Å². The highest BCUT2D eigenvalue weighted by Crippen LogP contribution is 2.43. The molecule has 3 aromatic rings. The molecule has 4 heterocycles. The van der Waals surface area contributed by atoms with E-state index < -0.39 is 5.92 Å². The maximum absolute atomic E-state index is 13.1. The molecule has 5 rings (SSSR count). The van der Waals surface area contributed by atoms with E-state index in [1.807, 2.05) is 41.9 Å². The Bertz CT molecular complexity index is 1100. The smallest absolute Gasteiger partial charge is 0.311 e. The molecule has 0 saturated carbocycles. The molecule has 2 saturated heterocycles. The Labute approximate surface area is 176 Å². The maximum Gasteiger partial charge on any atom is 0.311 e. The molecule has 3 atom stereocenters. The standard InChI is InChI=1S/C21H20N4O4S/c1-29-20(28)15-9-14-10-24(19(27)16-11-23-7-8-30-21(23)22-16)12-17(26)25(14)18(15)13-5-3-2-4-6-13/h2-8,11,14-15,18H,9-10,12H2,1H3/t14-,15-,18-/m0/s1. The molecule has 0 spiro atoms. The van der Waals surface area contributed by atoms with Crippen molar-refractivity contribution in [2.75, 3.05) is 20.2 Å². The first-order valence-electron chi connectivity index (χ1n) is 9.72. The van der Waals surface area contributed by atoms with E-state index in [2.05, 4.69) is 4.98 Å². The van der Waals surface area contributed by atoms with E-state index in [0.717, 1.165) is 10.5 Å². The average molecular weight is 424 g/mol. The Balaban J connectivity index is 1.43. The van der Waals surface area contributed by atoms with Crippen LogP contribution in [-0.4, -0.2) is 63.2 Å². The van der Waals surface area contributed by atoms with Gasteiger partial charge in [0.15, 0.2) is 4.96 Å². The van der Waals surface area contributed by atoms with Crippen molar-refractivity contribution in [2.24, 2.45) is 5.92 Å². The predicted molar refractivity (Wildman–Crippen MR) is 109 cm³/mol. The number of imidazole rings is 1. The first-order chi connectivity index (χ1) is 14.6. The molecule has 2 aliphatic rings. The first kappa shape index (κ1) is 18.8. The lowest BCUT2D eigenvalue weighted by Crippen LogP contribution is -2.56. The van der Waals surface area contributed by atoms with Crippen LogP contribution in [0.5, 0.6) is 0 Å². The number of amides is 2. The topological polar surface area (TPSA) is 84.2 Å². The molecule has 8 nitrogen and oxygen atoms in total. The van der Waals surface area contributed by atoms with Gasteiger partial charge in [0.1, 0.15) is 12.2 Å². The summed E-state index contributed by atoms with van der Waals surface area (Å²) in [7, 11) is 1.36. The van der Waals surface area contributed by atoms with Crippen LogP contribution in [0.15, 0.2) is 48.1 Å². The van der Waals surface area contributed by atoms with E-state index in [1.54, 1.807) is 15.5 Å². The lowest BCUT2D eigenvalue weighted by Gasteiger charge is -2.39. The highest BCUT2D eigenvalue weighted by molar-refractivity contribution is 7.15. The summed E-state index contributed by atoms with van der Waals surface area (Å²) in [5.74, 6) is -1.23. The van der Waals surface area contributed by atoms with Crippen LogP contribution in [0.1, 0.15) is 28.5 Å². The third-order valence-corrected chi connectivity index (χ3v) is 6.66. The van der Waals surface area contributed by atoms with Crippen molar-refractivity contribution < 1.29 is 19.1 Å². The lowest BCUT2D eigenvalue weighted by atomic mass is 9.93. The van der Waals surface area contributed by atoms with Gasteiger partial charge in [0.25, 0.3) is 5.91 Å². The molecule has 0 bridgehead atoms. The Morgan fingerprint density at radius 1 is 1.23 bits per heavy atom. The average Bonchev–Trinajstić information content (AvgIpc) is 3.46. The van der Waals surface area contributed by atoms with Gasteiger partial charge in [-0.05, 0) is 12.0 Å². The summed E-state index contributed by atoms with van der Waals surface area (Å²) in [6, 6.07) is 8.91. The molecule has 2 fully saturated rings. The Morgan fingerprint density at radius 3 is 2.77 bits per heavy atom. The number of piperazine rings is 1. The highest BCUT2D eigenvalue weighted by atomic mass is 32.1. The zero-order chi connectivity index (χ0) is 20.8. The monoisotopic (exact) mass is 424 g/mol. The van der Waals surface area contributed by atoms with Gasteiger partial charge in [-0.1, -0.05) is 30.3 Å². The first-order valence-corrected chi connectivity index (χ1v) is 10.6. The number of nitrogens with zero attached hydrogens (tertiary/aromatic N) is 4. The van der Waals surface area contributed by atoms with Gasteiger partial charge in [-0.3, -0.25) is 18.8 Å². The largest absolute Gasteiger partial charge is 0.469 e. The minimum atomic E-state index is -0.459. The second kappa shape index (κ2) is 7.24. The normalized spacial score (nSPS) is 23.6. The van der Waals surface area contributed by atoms with E-state index in [9.17, 15) is 14.4 Å². The van der Waals surface area contributed by atoms with Crippen LogP contribution in [0.25, 0.3) is 4.96 Å². The SMILES string of the molecule is COC(=O)[C@H]1C[C@H]2CN(C(=O)c3cn4ccsc4n3)CC(=O)N2[C@H]1c1ccccc1. The number of rotatable bonds is 3. The van der Waals surface area contributed by atoms with Crippen molar-refractivity contribution in [1.29, 1.82) is 0 Å². The van der Waals surface area contributed by atoms with Crippen molar-refractivity contribution in [3.8, 4) is 0 Å². The van der Waals surface area contributed by atoms with Gasteiger partial charge in [0.05, 0.1) is 25.1 Å². The minimum Gasteiger partial charge on any atom is -0.469 e. The van der Waals surface area contributed by atoms with Gasteiger partial charge < -0.3 is 14.5 Å². The number of esters is 1. The van der Waals surface area contributed by atoms with Crippen LogP contribution >= 0.6 is 11.3 Å². The summed E-state index contributed by atoms with van der Waals surface area (Å²) in [5, 5.41) is 1.90. The van der Waals surface area contributed by atoms with Crippen LogP contribution in [0.4, 0.5) is 0 Å². The predicted octanol–water partition coefficient (Wildman–Crippen LogP) is 1.98. The fraction of sp³-hybridized carbons (Fsp3) is 0.333. The second-order valence-electron chi connectivity index (χ2n) is 7.58. The highest BCUT2D eigenvalue weighted by Gasteiger charge is 2.51. The van der Waals surface area contributed by atoms with Crippen LogP contribution in [0.2, 0.25) is 0 Å². The van der Waals surface area contributed by atoms with Crippen molar-refractivity contribution in [2.45, 2.75) is 18.5 Å². The molecule has 2 aliphatic heterocycles. The van der Waals surface area contributed by atoms with Crippen LogP contribution < -0.4 is 0 Å². The molecule has 2 aromatic heterocycles. The Kier molecular flexibility index (Phi) is 4.54. The van der Waals surface area contributed by atoms with E-state index in [0.29, 0.717) is 18.7 Å². The molecule has 1 aromatic carbocycles. The van der Waals surface area contributed by atoms with Crippen molar-refractivity contribution in [3.05, 3.63) is 59.4 Å². The molecule has 154 valence electrons. The van der Waals surface area contributed by atoms with Crippen molar-refractivity contribution in [3.63, 3.8) is 0 Å². The van der Waals surface area contributed by atoms with Gasteiger partial charge in [0, 0.05) is 24.3 Å². The zero-order valence-electron chi connectivity index (χ0n) is 16.3. The molecule has 0 N–H and O–H groups in total. The van der Waals surface area contributed by atoms with Crippen LogP contribution in [-0.2, 0) is 14.3 Å². The van der Waals surface area contributed by atoms with Crippen LogP contribution in [0, 0.1) is 5.92 Å². The van der Waals surface area contributed by atoms with Gasteiger partial charge in [-0.15, -0.1) is 11.3 Å². The second-order valence-corrected chi connectivity index (χ2v) is 8.45. The number of carbonyl (C=O) groups is 3. The van der Waals surface area contributed by atoms with Gasteiger partial charge >= 0.3 is 5.97 Å². The fourth-order valence-electron chi connectivity index (χ4n) is 4.61. The number of fused-ring (bicyclic) bond motifs is 2. The number of carbonyl (C=O) groups excluding carboxylic acids is 3. The zero-order valence-corrected chi connectivity index (χ0v) is 17.1. The molecule has 0 aliphatic carbocycles. The van der Waals surface area contributed by atoms with Gasteiger partial charge in [-0.25, -0.2) is 4.98 Å². The third-order valence-electron chi connectivity index (χ3n) is 5.89. The molecule has 0 unspecified atom stereocenters. The van der Waals surface area contributed by atoms with E-state index in [1.165, 1.54) is 23.3 Å². The quantitative estimate of drug-likeness (QED) is 0.601. The Morgan fingerprint density at radius 2 is 2.03 bits per heavy atom. The summed E-state index contributed by atoms with van der Waals surface area (Å²) in [6.45, 7) is 0.338. The summed E-state index contributed by atoms with van der Waals surface area (Å²) >= 11 is 1.45. The molecule has 2 amide bonds. The van der Waals surface area contributed by atoms with Gasteiger partial charge in [-0.2, -0.15) is 0 Å². The van der Waals surface area contributed by atoms with Gasteiger partial charge in [0.2, 0.25) is 5.91 Å². The number of benzene rings is 1. The number of hydrogen-bond donors (Lipinski definition) is 0. The number of ether oxygens (including phenoxy) is 1. The van der Waals surface area contributed by atoms with E-state index in [-0.39, 0.29) is 36.4 Å². The summed E-state index contributed by atoms with van der Waals surface area (Å²) < 4.78 is 6.82. The molecule has 9 heteroatoms. The molecular weight excluding hydrogens is 404 g/mol. The number of thiazole rings is 1. The lowest BCUT2D eigenvalue weighted by molar-refractivity contribution is -0.147. The van der Waals surface area contributed by atoms with Crippen molar-refractivity contribution >= 4 is 34.1 Å². The summed E-state index contributed by atoms with van der Waals surface area (Å²) in [5.41, 5.74) is 1.23. The number of methoxy groups -OCH3 is 1. The Hall–Kier alpha value is -3.20. The van der Waals surface area contributed by atoms with E-state index >= 15 is 0 Å². The number of hydrogen-bond acceptors (Lipinski definition) is 6.